The summed E-state index contributed by atoms with van der Waals surface area (Å²) in [5.74, 6) is 0.732. The van der Waals surface area contributed by atoms with Crippen molar-refractivity contribution >= 4 is 29.3 Å². The number of aryl methyl sites for hydroxylation is 3. The van der Waals surface area contributed by atoms with Crippen molar-refractivity contribution in [1.82, 2.24) is 20.1 Å². The molecule has 1 atom stereocenters. The van der Waals surface area contributed by atoms with Crippen LogP contribution in [0.25, 0.3) is 0 Å². The van der Waals surface area contributed by atoms with Crippen LogP contribution in [0.3, 0.4) is 0 Å². The highest BCUT2D eigenvalue weighted by molar-refractivity contribution is 7.99. The second-order valence-corrected chi connectivity index (χ2v) is 9.70. The second kappa shape index (κ2) is 11.3. The molecule has 0 radical (unpaired) electrons. The van der Waals surface area contributed by atoms with Gasteiger partial charge in [-0.15, -0.1) is 10.2 Å². The fourth-order valence-electron chi connectivity index (χ4n) is 3.69. The molecule has 0 fully saturated rings. The first-order valence-corrected chi connectivity index (χ1v) is 12.5. The largest absolute Gasteiger partial charge is 0.342 e. The summed E-state index contributed by atoms with van der Waals surface area (Å²) >= 11 is 1.33. The highest BCUT2D eigenvalue weighted by Crippen LogP contribution is 2.25. The molecule has 1 heterocycles. The van der Waals surface area contributed by atoms with E-state index in [-0.39, 0.29) is 29.5 Å². The zero-order valence-corrected chi connectivity index (χ0v) is 21.5. The normalized spacial score (nSPS) is 12.0. The van der Waals surface area contributed by atoms with Gasteiger partial charge in [0.1, 0.15) is 0 Å². The Morgan fingerprint density at radius 3 is 2.41 bits per heavy atom. The molecule has 7 nitrogen and oxygen atoms in total. The molecule has 0 aliphatic heterocycles. The molecule has 3 aromatic rings. The lowest BCUT2D eigenvalue weighted by Crippen LogP contribution is -2.33. The van der Waals surface area contributed by atoms with Crippen molar-refractivity contribution in [1.29, 1.82) is 0 Å². The Kier molecular flexibility index (Phi) is 8.50. The number of hydrogen-bond donors (Lipinski definition) is 2. The van der Waals surface area contributed by atoms with E-state index in [0.717, 1.165) is 28.8 Å². The Balaban J connectivity index is 1.68. The van der Waals surface area contributed by atoms with Gasteiger partial charge in [0, 0.05) is 18.3 Å². The number of para-hydroxylation sites is 1. The summed E-state index contributed by atoms with van der Waals surface area (Å²) in [5.41, 5.74) is 4.75. The molecule has 8 heteroatoms. The molecular weight excluding hydrogens is 446 g/mol. The molecule has 180 valence electrons. The first kappa shape index (κ1) is 25.5. The van der Waals surface area contributed by atoms with Gasteiger partial charge in [0.05, 0.1) is 11.8 Å². The third-order valence-corrected chi connectivity index (χ3v) is 6.77. The maximum absolute atomic E-state index is 12.8. The average molecular weight is 480 g/mol. The third kappa shape index (κ3) is 6.05. The van der Waals surface area contributed by atoms with Gasteiger partial charge in [0.25, 0.3) is 5.91 Å². The maximum Gasteiger partial charge on any atom is 0.251 e. The fourth-order valence-corrected chi connectivity index (χ4v) is 4.41. The minimum Gasteiger partial charge on any atom is -0.342 e. The van der Waals surface area contributed by atoms with Crippen molar-refractivity contribution in [3.05, 3.63) is 70.5 Å². The lowest BCUT2D eigenvalue weighted by molar-refractivity contribution is -0.113. The number of thioether (sulfide) groups is 1. The smallest absolute Gasteiger partial charge is 0.251 e. The van der Waals surface area contributed by atoms with Crippen LogP contribution in [0.2, 0.25) is 0 Å². The molecule has 0 spiro atoms. The first-order chi connectivity index (χ1) is 16.2. The van der Waals surface area contributed by atoms with E-state index in [4.69, 9.17) is 0 Å². The van der Waals surface area contributed by atoms with E-state index in [2.05, 4.69) is 27.8 Å². The van der Waals surface area contributed by atoms with Crippen molar-refractivity contribution in [2.45, 2.75) is 52.2 Å². The van der Waals surface area contributed by atoms with Gasteiger partial charge in [0.2, 0.25) is 5.91 Å². The van der Waals surface area contributed by atoms with E-state index in [1.807, 2.05) is 81.8 Å². The van der Waals surface area contributed by atoms with Crippen LogP contribution in [0, 0.1) is 19.8 Å². The van der Waals surface area contributed by atoms with E-state index in [1.165, 1.54) is 11.8 Å². The quantitative estimate of drug-likeness (QED) is 0.428. The standard InChI is InChI=1S/C26H33N5O2S/c1-7-19-10-8-9-18(5)23(19)27-21(32)15-34-26-30-29-24(31(26)6)22(16(2)3)28-25(33)20-13-11-17(4)12-14-20/h8-14,16,22H,7,15H2,1-6H3,(H,27,32)(H,28,33). The predicted octanol–water partition coefficient (Wildman–Crippen LogP) is 4.85. The SMILES string of the molecule is CCc1cccc(C)c1NC(=O)CSc1nnc(C(NC(=O)c2ccc(C)cc2)C(C)C)n1C. The number of aromatic nitrogens is 3. The monoisotopic (exact) mass is 479 g/mol. The van der Waals surface area contributed by atoms with Gasteiger partial charge >= 0.3 is 0 Å². The van der Waals surface area contributed by atoms with Gasteiger partial charge in [-0.2, -0.15) is 0 Å². The number of benzene rings is 2. The number of hydrogen-bond acceptors (Lipinski definition) is 5. The first-order valence-electron chi connectivity index (χ1n) is 11.5. The van der Waals surface area contributed by atoms with Gasteiger partial charge in [0.15, 0.2) is 11.0 Å². The molecule has 1 unspecified atom stereocenters. The average Bonchev–Trinajstić information content (AvgIpc) is 3.17. The summed E-state index contributed by atoms with van der Waals surface area (Å²) in [5, 5.41) is 15.4. The van der Waals surface area contributed by atoms with Gasteiger partial charge in [-0.3, -0.25) is 9.59 Å². The molecule has 2 N–H and O–H groups in total. The lowest BCUT2D eigenvalue weighted by Gasteiger charge is -2.21. The Labute approximate surface area is 205 Å². The van der Waals surface area contributed by atoms with Gasteiger partial charge in [-0.1, -0.05) is 68.4 Å². The highest BCUT2D eigenvalue weighted by atomic mass is 32.2. The molecule has 0 saturated carbocycles. The molecular formula is C26H33N5O2S. The van der Waals surface area contributed by atoms with E-state index in [0.29, 0.717) is 16.5 Å². The van der Waals surface area contributed by atoms with E-state index < -0.39 is 0 Å². The van der Waals surface area contributed by atoms with E-state index in [1.54, 1.807) is 0 Å². The number of amides is 2. The Bertz CT molecular complexity index is 1150. The summed E-state index contributed by atoms with van der Waals surface area (Å²) in [4.78, 5) is 25.5. The van der Waals surface area contributed by atoms with Crippen molar-refractivity contribution in [3.63, 3.8) is 0 Å². The van der Waals surface area contributed by atoms with Crippen LogP contribution < -0.4 is 10.6 Å². The minimum absolute atomic E-state index is 0.0911. The summed E-state index contributed by atoms with van der Waals surface area (Å²) in [6.45, 7) is 10.1. The zero-order valence-electron chi connectivity index (χ0n) is 20.7. The second-order valence-electron chi connectivity index (χ2n) is 8.76. The van der Waals surface area contributed by atoms with Crippen LogP contribution >= 0.6 is 11.8 Å². The molecule has 3 rings (SSSR count). The summed E-state index contributed by atoms with van der Waals surface area (Å²) in [6, 6.07) is 13.2. The predicted molar refractivity (Wildman–Crippen MR) is 137 cm³/mol. The van der Waals surface area contributed by atoms with Gasteiger partial charge < -0.3 is 15.2 Å². The molecule has 34 heavy (non-hydrogen) atoms. The summed E-state index contributed by atoms with van der Waals surface area (Å²) in [6.07, 6.45) is 0.849. The zero-order chi connectivity index (χ0) is 24.8. The molecule has 0 bridgehead atoms. The topological polar surface area (TPSA) is 88.9 Å². The Morgan fingerprint density at radius 1 is 1.06 bits per heavy atom. The van der Waals surface area contributed by atoms with Crippen LogP contribution in [0.4, 0.5) is 5.69 Å². The summed E-state index contributed by atoms with van der Waals surface area (Å²) in [7, 11) is 1.86. The molecule has 0 aliphatic rings. The Hall–Kier alpha value is -3.13. The number of nitrogens with zero attached hydrogens (tertiary/aromatic N) is 3. The third-order valence-electron chi connectivity index (χ3n) is 5.75. The number of carbonyl (C=O) groups excluding carboxylic acids is 2. The van der Waals surface area contributed by atoms with Crippen LogP contribution in [0.15, 0.2) is 47.6 Å². The van der Waals surface area contributed by atoms with Crippen LogP contribution in [-0.4, -0.2) is 32.3 Å². The Morgan fingerprint density at radius 2 is 1.76 bits per heavy atom. The van der Waals surface area contributed by atoms with Crippen LogP contribution in [0.1, 0.15) is 59.7 Å². The van der Waals surface area contributed by atoms with E-state index >= 15 is 0 Å². The van der Waals surface area contributed by atoms with Crippen molar-refractivity contribution in [3.8, 4) is 0 Å². The fraction of sp³-hybridized carbons (Fsp3) is 0.385. The highest BCUT2D eigenvalue weighted by Gasteiger charge is 2.25. The van der Waals surface area contributed by atoms with Crippen molar-refractivity contribution in [2.24, 2.45) is 13.0 Å². The van der Waals surface area contributed by atoms with Gasteiger partial charge in [-0.05, 0) is 49.4 Å². The summed E-state index contributed by atoms with van der Waals surface area (Å²) < 4.78 is 1.85. The number of rotatable bonds is 9. The molecule has 2 aromatic carbocycles. The lowest BCUT2D eigenvalue weighted by atomic mass is 10.0. The van der Waals surface area contributed by atoms with Gasteiger partial charge in [-0.25, -0.2) is 0 Å². The van der Waals surface area contributed by atoms with Crippen LogP contribution in [-0.2, 0) is 18.3 Å². The maximum atomic E-state index is 12.8. The van der Waals surface area contributed by atoms with Crippen LogP contribution in [0.5, 0.6) is 0 Å². The minimum atomic E-state index is -0.312. The molecule has 0 aliphatic carbocycles. The van der Waals surface area contributed by atoms with Crippen molar-refractivity contribution in [2.75, 3.05) is 11.1 Å². The number of carbonyl (C=O) groups is 2. The molecule has 1 aromatic heterocycles. The van der Waals surface area contributed by atoms with Crippen molar-refractivity contribution < 1.29 is 9.59 Å². The van der Waals surface area contributed by atoms with E-state index in [9.17, 15) is 9.59 Å². The number of nitrogens with one attached hydrogen (secondary N) is 2. The molecule has 2 amide bonds. The number of anilines is 1. The molecule has 0 saturated heterocycles.